The van der Waals surface area contributed by atoms with Crippen molar-refractivity contribution in [1.29, 1.82) is 0 Å². The first-order valence-corrected chi connectivity index (χ1v) is 43.0. The van der Waals surface area contributed by atoms with Crippen molar-refractivity contribution in [2.24, 2.45) is 33.5 Å². The number of nitrogens with zero attached hydrogens (tertiary/aromatic N) is 9. The number of amides is 1. The average molecular weight is 1420 g/mol. The number of carbonyl (C=O) groups is 1. The zero-order chi connectivity index (χ0) is 70.9. The zero-order valence-corrected chi connectivity index (χ0v) is 61.4. The van der Waals surface area contributed by atoms with Crippen molar-refractivity contribution in [3.8, 4) is 0 Å². The van der Waals surface area contributed by atoms with Crippen LogP contribution in [-0.2, 0) is 49.7 Å². The number of ether oxygens (including phenoxy) is 8. The van der Waals surface area contributed by atoms with Crippen LogP contribution >= 0.6 is 39.8 Å². The van der Waals surface area contributed by atoms with Crippen LogP contribution in [0.1, 0.15) is 38.8 Å². The Kier molecular flexibility index (Phi) is 28.7. The zero-order valence-electron chi connectivity index (χ0n) is 57.0. The second-order valence-electron chi connectivity index (χ2n) is 26.6. The van der Waals surface area contributed by atoms with Gasteiger partial charge in [0.15, 0.2) is 48.2 Å². The van der Waals surface area contributed by atoms with E-state index in [1.807, 2.05) is 0 Å². The molecule has 530 valence electrons. The Balaban J connectivity index is 0.000000227. The molecule has 8 heterocycles. The lowest BCUT2D eigenvalue weighted by Gasteiger charge is -2.32. The molecule has 0 spiro atoms. The molecule has 0 bridgehead atoms. The first-order chi connectivity index (χ1) is 43.5. The number of amidine groups is 3. The molecule has 1 aromatic heterocycles. The van der Waals surface area contributed by atoms with Gasteiger partial charge in [-0.3, -0.25) is 4.79 Å². The number of aliphatic imine (C=N–C) groups is 3. The minimum atomic E-state index is -1.23. The lowest BCUT2D eigenvalue weighted by molar-refractivity contribution is -0.686. The van der Waals surface area contributed by atoms with Crippen LogP contribution in [0, 0.1) is 4.77 Å². The average Bonchev–Trinajstić information content (AvgIpc) is 1.66. The molecule has 1 aromatic rings. The largest absolute Gasteiger partial charge is 0.491 e. The summed E-state index contributed by atoms with van der Waals surface area (Å²) in [6, 6.07) is 0. The Bertz CT molecular complexity index is 3340. The van der Waals surface area contributed by atoms with Crippen LogP contribution in [0.4, 0.5) is 5.95 Å². The molecule has 8 rings (SSSR count). The topological polar surface area (TPSA) is 371 Å². The third kappa shape index (κ3) is 21.9. The Labute approximate surface area is 560 Å². The lowest BCUT2D eigenvalue weighted by atomic mass is 10.1. The predicted octanol–water partition coefficient (Wildman–Crippen LogP) is 1.74. The fourth-order valence-electron chi connectivity index (χ4n) is 10.6. The van der Waals surface area contributed by atoms with Gasteiger partial charge in [0.25, 0.3) is 0 Å². The van der Waals surface area contributed by atoms with E-state index in [1.54, 1.807) is 66.6 Å². The molecule has 94 heavy (non-hydrogen) atoms. The van der Waals surface area contributed by atoms with Crippen LogP contribution in [0.3, 0.4) is 0 Å². The number of rotatable bonds is 20. The Morgan fingerprint density at radius 1 is 0.585 bits per heavy atom. The van der Waals surface area contributed by atoms with Gasteiger partial charge in [-0.25, -0.2) is 19.5 Å². The highest BCUT2D eigenvalue weighted by molar-refractivity contribution is 7.73. The standard InChI is InChI=1S/C17H28N3O4P.C16H28N3O4P.C15H26N3O4P.C13H23N4O3PS/c1-11-18-14(19-12(2)21)7-9-20(11)17-16(23-3)15(22)13(24-17)8-10-25(4,5)6;1-10-18-15(17)12(21-2)9-19(10)16-14(22-3)13(20)11(23-16)7-8-24(4,5)6;1-9-17-14(16)11(21-2)8-18(9)15-13(20)12(19)10(22-15)6-7-23(3,4)5;1-16-7-17(12(14)15-13(16)22)11-10(19)9(18)8(20-11)5-6-21(2,3)4/h7,9,13,15-17,22H,1,4,8,10H2,2-3,5-6H3,(H,18,19,21);9,11,13-14,16,20H,1,4,7-8H2,2-3,5-6H3,(H2,17,18);8,10,12-13,15,19-20H,1,3,6-7H2,2,4-5H3,(H2,16,17);7-11,18-19H,2,5-6H2,1,3-4H3,(H-,14,15,22)/p+1/t13-,15-,16-,17-;11-,13-,14-,16-;10-,12-,13-,15-;8-,9-,10-,11-/m1111/s1. The first-order valence-electron chi connectivity index (χ1n) is 30.4. The van der Waals surface area contributed by atoms with Crippen LogP contribution in [0.25, 0.3) is 0 Å². The number of methoxy groups -OCH3 is 4. The maximum Gasteiger partial charge on any atom is 0.340 e. The van der Waals surface area contributed by atoms with Crippen molar-refractivity contribution in [2.45, 2.75) is 131 Å². The van der Waals surface area contributed by atoms with Crippen LogP contribution in [0.15, 0.2) is 94.7 Å². The summed E-state index contributed by atoms with van der Waals surface area (Å²) in [6.45, 7) is 25.4. The summed E-state index contributed by atoms with van der Waals surface area (Å²) >= 11 is 5.04. The summed E-state index contributed by atoms with van der Waals surface area (Å²) in [5.74, 6) is 2.75. The maximum atomic E-state index is 11.1. The minimum Gasteiger partial charge on any atom is -0.491 e. The Morgan fingerprint density at radius 2 is 0.936 bits per heavy atom. The number of aliphatic hydroxyl groups is 6. The van der Waals surface area contributed by atoms with Crippen molar-refractivity contribution in [3.63, 3.8) is 0 Å². The van der Waals surface area contributed by atoms with Gasteiger partial charge in [0.1, 0.15) is 72.1 Å². The van der Waals surface area contributed by atoms with Gasteiger partial charge in [0.2, 0.25) is 12.1 Å². The number of carbonyl (C=O) groups excluding carboxylic acids is 1. The van der Waals surface area contributed by atoms with Crippen LogP contribution in [0.2, 0.25) is 0 Å². The number of hydrogen-bond donors (Lipinski definition) is 10. The Hall–Kier alpha value is -4.73. The predicted molar refractivity (Wildman–Crippen MR) is 384 cm³/mol. The molecule has 4 fully saturated rings. The number of aryl methyl sites for hydroxylation is 1. The van der Waals surface area contributed by atoms with Crippen LogP contribution < -0.4 is 27.1 Å². The summed E-state index contributed by atoms with van der Waals surface area (Å²) in [7, 11) is 7.82. The minimum absolute atomic E-state index is 0.144. The molecule has 28 nitrogen and oxygen atoms in total. The molecule has 0 aromatic carbocycles. The molecule has 0 unspecified atom stereocenters. The van der Waals surface area contributed by atoms with E-state index in [0.29, 0.717) is 52.4 Å². The molecule has 1 amide bonds. The van der Waals surface area contributed by atoms with E-state index in [9.17, 15) is 35.4 Å². The highest BCUT2D eigenvalue weighted by Crippen LogP contribution is 2.43. The molecule has 16 atom stereocenters. The number of nitrogens with one attached hydrogen (secondary N) is 1. The molecule has 4 saturated heterocycles. The molecule has 7 aliphatic heterocycles. The first kappa shape index (κ1) is 80.0. The molecular weight excluding hydrogens is 1310 g/mol. The monoisotopic (exact) mass is 1420 g/mol. The van der Waals surface area contributed by atoms with Crippen LogP contribution in [0.5, 0.6) is 0 Å². The van der Waals surface area contributed by atoms with Crippen LogP contribution in [-0.4, -0.2) is 302 Å². The van der Waals surface area contributed by atoms with Crippen molar-refractivity contribution in [1.82, 2.24) is 29.6 Å². The number of nitrogen functional groups attached to an aromatic ring is 1. The van der Waals surface area contributed by atoms with E-state index in [2.05, 4.69) is 124 Å². The molecule has 13 N–H and O–H groups in total. The molecule has 0 aliphatic carbocycles. The maximum absolute atomic E-state index is 11.1. The summed E-state index contributed by atoms with van der Waals surface area (Å²) in [5.41, 5.74) is 17.4. The number of nitrogens with two attached hydrogens (primary N) is 3. The Morgan fingerprint density at radius 3 is 1.31 bits per heavy atom. The highest BCUT2D eigenvalue weighted by atomic mass is 32.1. The molecule has 7 aliphatic rings. The van der Waals surface area contributed by atoms with Gasteiger partial charge in [-0.1, -0.05) is 19.7 Å². The second-order valence-corrected chi connectivity index (χ2v) is 44.3. The molecule has 0 radical (unpaired) electrons. The van der Waals surface area contributed by atoms with E-state index < -0.39 is 113 Å². The van der Waals surface area contributed by atoms with E-state index in [-0.39, 0.29) is 35.7 Å². The third-order valence-electron chi connectivity index (χ3n) is 15.9. The molecular formula is C61H106N13O15P4S+. The van der Waals surface area contributed by atoms with Gasteiger partial charge in [-0.05, 0) is 127 Å². The molecule has 33 heteroatoms. The normalized spacial score (nSPS) is 30.4. The summed E-state index contributed by atoms with van der Waals surface area (Å²) in [6.07, 6.45) is 20.6. The third-order valence-corrected chi connectivity index (χ3v) is 22.1. The van der Waals surface area contributed by atoms with Crippen molar-refractivity contribution in [2.75, 3.05) is 112 Å². The highest BCUT2D eigenvalue weighted by Gasteiger charge is 2.50. The van der Waals surface area contributed by atoms with Gasteiger partial charge in [-0.15, -0.1) is 52.7 Å². The van der Waals surface area contributed by atoms with Gasteiger partial charge in [-0.2, -0.15) is 4.57 Å². The summed E-state index contributed by atoms with van der Waals surface area (Å²) < 4.78 is 48.6. The SMILES string of the molecule is C=C1N=C(N)C(OC)=CN1[C@@H]1O[C@H](CCP(=C)(C)C)[C@@H](O)[C@H]1O.C=C1N=C(N)C(OC)=CN1[C@@H]1O[C@H](CCP(=C)(C)C)[C@@H](O)[C@H]1OC.C=C1N=C(NC(C)=O)C=CN1[C@@H]1O[C@H](CCP(=C)(C)C)[C@@H](O)[C@H]1OC.C=P(C)(C)CC[C@H]1O[C@@H](n2c[n+](C)c(=S)nc2N)[C@H](O)[C@@H]1O. The summed E-state index contributed by atoms with van der Waals surface area (Å²) in [4.78, 5) is 32.6. The van der Waals surface area contributed by atoms with E-state index in [4.69, 9.17) is 67.3 Å². The van der Waals surface area contributed by atoms with Crippen molar-refractivity contribution >= 4 is 94.3 Å². The number of aromatic nitrogens is 3. The van der Waals surface area contributed by atoms with E-state index in [0.717, 1.165) is 37.5 Å². The lowest BCUT2D eigenvalue weighted by Crippen LogP contribution is -2.43. The van der Waals surface area contributed by atoms with Gasteiger partial charge in [0, 0.05) is 27.3 Å². The smallest absolute Gasteiger partial charge is 0.340 e. The fraction of sp³-hybridized carbons (Fsp3) is 0.623. The fourth-order valence-corrected chi connectivity index (χ4v) is 14.6. The number of aliphatic hydroxyl groups excluding tert-OH is 6. The van der Waals surface area contributed by atoms with Crippen molar-refractivity contribution in [3.05, 3.63) is 84.5 Å². The number of hydrogen-bond acceptors (Lipinski definition) is 26. The number of anilines is 1. The van der Waals surface area contributed by atoms with Gasteiger partial charge < -0.3 is 106 Å². The van der Waals surface area contributed by atoms with E-state index >= 15 is 0 Å². The molecule has 0 saturated carbocycles. The van der Waals surface area contributed by atoms with Gasteiger partial charge in [0.05, 0.1) is 58.1 Å². The van der Waals surface area contributed by atoms with Gasteiger partial charge >= 0.3 is 10.7 Å². The van der Waals surface area contributed by atoms with Crippen molar-refractivity contribution < 1.29 is 77.9 Å². The summed E-state index contributed by atoms with van der Waals surface area (Å²) in [5, 5.41) is 64.9. The second kappa shape index (κ2) is 33.7. The van der Waals surface area contributed by atoms with E-state index in [1.165, 1.54) is 30.6 Å². The quantitative estimate of drug-likeness (QED) is 0.0505.